The molecule has 0 saturated heterocycles. The molecule has 0 aromatic heterocycles. The molecule has 0 radical (unpaired) electrons. The fourth-order valence-electron chi connectivity index (χ4n) is 1.04. The van der Waals surface area contributed by atoms with Gasteiger partial charge in [-0.25, -0.2) is 0 Å². The molecule has 1 aromatic rings. The number of esters is 1. The van der Waals surface area contributed by atoms with Crippen molar-refractivity contribution in [3.63, 3.8) is 0 Å². The van der Waals surface area contributed by atoms with E-state index in [-0.39, 0.29) is 0 Å². The molecule has 0 bridgehead atoms. The van der Waals surface area contributed by atoms with Crippen LogP contribution in [0.2, 0.25) is 0 Å². The summed E-state index contributed by atoms with van der Waals surface area (Å²) in [5.41, 5.74) is 0.503. The van der Waals surface area contributed by atoms with Crippen molar-refractivity contribution in [1.29, 1.82) is 0 Å². The molecular formula is C10H9IO4. The maximum absolute atomic E-state index is 10.8. The SMILES string of the molecule is COc1cc(C=O)c(I)cc1OC(C)=O. The highest BCUT2D eigenvalue weighted by Gasteiger charge is 2.11. The second kappa shape index (κ2) is 5.11. The predicted octanol–water partition coefficient (Wildman–Crippen LogP) is 2.04. The lowest BCUT2D eigenvalue weighted by molar-refractivity contribution is -0.132. The number of hydrogen-bond donors (Lipinski definition) is 0. The van der Waals surface area contributed by atoms with E-state index >= 15 is 0 Å². The van der Waals surface area contributed by atoms with Crippen LogP contribution >= 0.6 is 22.6 Å². The highest BCUT2D eigenvalue weighted by Crippen LogP contribution is 2.31. The van der Waals surface area contributed by atoms with Crippen molar-refractivity contribution in [2.45, 2.75) is 6.92 Å². The monoisotopic (exact) mass is 320 g/mol. The molecule has 0 spiro atoms. The maximum atomic E-state index is 10.8. The van der Waals surface area contributed by atoms with Crippen molar-refractivity contribution in [2.24, 2.45) is 0 Å². The molecule has 0 aliphatic rings. The minimum absolute atomic E-state index is 0.319. The van der Waals surface area contributed by atoms with E-state index in [4.69, 9.17) is 9.47 Å². The molecule has 0 N–H and O–H groups in total. The van der Waals surface area contributed by atoms with E-state index < -0.39 is 5.97 Å². The summed E-state index contributed by atoms with van der Waals surface area (Å²) in [6, 6.07) is 3.12. The van der Waals surface area contributed by atoms with Gasteiger partial charge in [-0.2, -0.15) is 0 Å². The predicted molar refractivity (Wildman–Crippen MR) is 62.4 cm³/mol. The highest BCUT2D eigenvalue weighted by molar-refractivity contribution is 14.1. The first-order valence-electron chi connectivity index (χ1n) is 4.09. The van der Waals surface area contributed by atoms with Gasteiger partial charge in [-0.1, -0.05) is 0 Å². The third-order valence-electron chi connectivity index (χ3n) is 1.66. The van der Waals surface area contributed by atoms with Gasteiger partial charge < -0.3 is 9.47 Å². The third kappa shape index (κ3) is 2.92. The molecule has 0 aliphatic heterocycles. The van der Waals surface area contributed by atoms with Crippen molar-refractivity contribution in [2.75, 3.05) is 7.11 Å². The van der Waals surface area contributed by atoms with E-state index in [0.717, 1.165) is 6.29 Å². The van der Waals surface area contributed by atoms with Gasteiger partial charge in [0.1, 0.15) is 0 Å². The van der Waals surface area contributed by atoms with Crippen LogP contribution in [0, 0.1) is 3.57 Å². The summed E-state index contributed by atoms with van der Waals surface area (Å²) in [5.74, 6) is 0.260. The summed E-state index contributed by atoms with van der Waals surface area (Å²) < 4.78 is 10.6. The van der Waals surface area contributed by atoms with E-state index in [1.807, 2.05) is 22.6 Å². The van der Waals surface area contributed by atoms with Crippen LogP contribution in [0.1, 0.15) is 17.3 Å². The fraction of sp³-hybridized carbons (Fsp3) is 0.200. The Balaban J connectivity index is 3.20. The first-order valence-corrected chi connectivity index (χ1v) is 5.17. The van der Waals surface area contributed by atoms with Crippen LogP contribution < -0.4 is 9.47 Å². The lowest BCUT2D eigenvalue weighted by Crippen LogP contribution is -2.04. The smallest absolute Gasteiger partial charge is 0.308 e. The molecule has 0 unspecified atom stereocenters. The van der Waals surface area contributed by atoms with Crippen molar-refractivity contribution in [3.05, 3.63) is 21.3 Å². The Morgan fingerprint density at radius 1 is 1.40 bits per heavy atom. The lowest BCUT2D eigenvalue weighted by Gasteiger charge is -2.09. The summed E-state index contributed by atoms with van der Waals surface area (Å²) in [6.45, 7) is 1.31. The summed E-state index contributed by atoms with van der Waals surface area (Å²) in [7, 11) is 1.45. The van der Waals surface area contributed by atoms with Crippen LogP contribution in [-0.4, -0.2) is 19.4 Å². The number of halogens is 1. The molecule has 80 valence electrons. The van der Waals surface area contributed by atoms with E-state index in [1.54, 1.807) is 6.07 Å². The van der Waals surface area contributed by atoms with Crippen LogP contribution in [0.25, 0.3) is 0 Å². The zero-order valence-electron chi connectivity index (χ0n) is 8.24. The number of hydrogen-bond acceptors (Lipinski definition) is 4. The number of ether oxygens (including phenoxy) is 2. The van der Waals surface area contributed by atoms with Crippen LogP contribution in [0.3, 0.4) is 0 Å². The van der Waals surface area contributed by atoms with Crippen molar-refractivity contribution >= 4 is 34.8 Å². The van der Waals surface area contributed by atoms with Gasteiger partial charge in [0.05, 0.1) is 7.11 Å². The largest absolute Gasteiger partial charge is 0.493 e. The van der Waals surface area contributed by atoms with Gasteiger partial charge >= 0.3 is 5.97 Å². The van der Waals surface area contributed by atoms with Gasteiger partial charge in [0.25, 0.3) is 0 Å². The highest BCUT2D eigenvalue weighted by atomic mass is 127. The van der Waals surface area contributed by atoms with Crippen LogP contribution in [0.5, 0.6) is 11.5 Å². The van der Waals surface area contributed by atoms with Crippen molar-refractivity contribution < 1.29 is 19.1 Å². The zero-order chi connectivity index (χ0) is 11.4. The third-order valence-corrected chi connectivity index (χ3v) is 2.60. The van der Waals surface area contributed by atoms with E-state index in [0.29, 0.717) is 20.6 Å². The average Bonchev–Trinajstić information content (AvgIpc) is 2.17. The fourth-order valence-corrected chi connectivity index (χ4v) is 1.60. The molecule has 0 fully saturated rings. The lowest BCUT2D eigenvalue weighted by atomic mass is 10.2. The van der Waals surface area contributed by atoms with Gasteiger partial charge in [0.15, 0.2) is 17.8 Å². The molecule has 0 saturated carbocycles. The molecule has 4 nitrogen and oxygen atoms in total. The van der Waals surface area contributed by atoms with Crippen LogP contribution in [0.15, 0.2) is 12.1 Å². The molecule has 0 aliphatic carbocycles. The van der Waals surface area contributed by atoms with Gasteiger partial charge in [0.2, 0.25) is 0 Å². The first kappa shape index (κ1) is 12.0. The Bertz CT molecular complexity index is 401. The molecule has 0 amide bonds. The van der Waals surface area contributed by atoms with Crippen LogP contribution in [-0.2, 0) is 4.79 Å². The Morgan fingerprint density at radius 3 is 2.53 bits per heavy atom. The molecule has 1 rings (SSSR count). The Labute approximate surface area is 101 Å². The van der Waals surface area contributed by atoms with E-state index in [2.05, 4.69) is 0 Å². The number of aldehydes is 1. The molecule has 0 atom stereocenters. The molecule has 1 aromatic carbocycles. The second-order valence-corrected chi connectivity index (χ2v) is 3.90. The minimum Gasteiger partial charge on any atom is -0.493 e. The summed E-state index contributed by atoms with van der Waals surface area (Å²) >= 11 is 1.99. The summed E-state index contributed by atoms with van der Waals surface area (Å²) in [6.07, 6.45) is 0.724. The summed E-state index contributed by atoms with van der Waals surface area (Å²) in [5, 5.41) is 0. The number of carbonyl (C=O) groups excluding carboxylic acids is 2. The Hall–Kier alpha value is -1.11. The van der Waals surface area contributed by atoms with Gasteiger partial charge in [-0.15, -0.1) is 0 Å². The van der Waals surface area contributed by atoms with E-state index in [1.165, 1.54) is 20.1 Å². The molecule has 5 heteroatoms. The zero-order valence-corrected chi connectivity index (χ0v) is 10.4. The Morgan fingerprint density at radius 2 is 2.07 bits per heavy atom. The standard InChI is InChI=1S/C10H9IO4/c1-6(13)15-10-4-8(11)7(5-12)3-9(10)14-2/h3-5H,1-2H3. The number of carbonyl (C=O) groups is 2. The van der Waals surface area contributed by atoms with Crippen LogP contribution in [0.4, 0.5) is 0 Å². The Kier molecular flexibility index (Phi) is 4.07. The number of rotatable bonds is 3. The maximum Gasteiger partial charge on any atom is 0.308 e. The topological polar surface area (TPSA) is 52.6 Å². The van der Waals surface area contributed by atoms with E-state index in [9.17, 15) is 9.59 Å². The molecule has 0 heterocycles. The van der Waals surface area contributed by atoms with Crippen molar-refractivity contribution in [1.82, 2.24) is 0 Å². The van der Waals surface area contributed by atoms with Crippen molar-refractivity contribution in [3.8, 4) is 11.5 Å². The molecular weight excluding hydrogens is 311 g/mol. The van der Waals surface area contributed by atoms with Gasteiger partial charge in [0, 0.05) is 16.1 Å². The normalized spacial score (nSPS) is 9.53. The van der Waals surface area contributed by atoms with Gasteiger partial charge in [-0.3, -0.25) is 9.59 Å². The average molecular weight is 320 g/mol. The number of benzene rings is 1. The summed E-state index contributed by atoms with van der Waals surface area (Å²) in [4.78, 5) is 21.5. The molecule has 15 heavy (non-hydrogen) atoms. The van der Waals surface area contributed by atoms with Gasteiger partial charge in [-0.05, 0) is 34.7 Å². The number of methoxy groups -OCH3 is 1. The second-order valence-electron chi connectivity index (χ2n) is 2.74. The minimum atomic E-state index is -0.428. The quantitative estimate of drug-likeness (QED) is 0.370. The first-order chi connectivity index (χ1) is 7.08.